The molecule has 0 unspecified atom stereocenters. The summed E-state index contributed by atoms with van der Waals surface area (Å²) in [6.45, 7) is 0.718. The first-order valence-corrected chi connectivity index (χ1v) is 3.94. The first-order valence-electron chi connectivity index (χ1n) is 3.94. The number of rotatable bonds is 1. The van der Waals surface area contributed by atoms with Crippen molar-refractivity contribution >= 4 is 12.4 Å². The monoisotopic (exact) mass is 221 g/mol. The van der Waals surface area contributed by atoms with E-state index in [0.717, 1.165) is 12.1 Å². The van der Waals surface area contributed by atoms with E-state index in [-0.39, 0.29) is 12.4 Å². The van der Waals surface area contributed by atoms with Crippen LogP contribution in [0.15, 0.2) is 18.2 Å². The minimum atomic E-state index is -0.866. The molecule has 2 nitrogen and oxygen atoms in total. The van der Waals surface area contributed by atoms with Gasteiger partial charge in [-0.05, 0) is 17.7 Å². The molecule has 0 aromatic heterocycles. The minimum Gasteiger partial charge on any atom is -0.377 e. The smallest absolute Gasteiger partial charge is 0.159 e. The third-order valence-corrected chi connectivity index (χ3v) is 2.21. The molecule has 78 valence electrons. The Hall–Kier alpha value is -0.710. The summed E-state index contributed by atoms with van der Waals surface area (Å²) in [6.07, 6.45) is 0. The van der Waals surface area contributed by atoms with Crippen LogP contribution < -0.4 is 5.73 Å². The van der Waals surface area contributed by atoms with Crippen LogP contribution in [-0.2, 0) is 10.3 Å². The van der Waals surface area contributed by atoms with E-state index >= 15 is 0 Å². The highest BCUT2D eigenvalue weighted by Gasteiger charge is 2.36. The standard InChI is InChI=1S/C9H9F2NO.ClH/c10-7-2-1-6(3-8(7)11)9(12)4-13-5-9;/h1-3H,4-5,12H2;1H. The van der Waals surface area contributed by atoms with Crippen molar-refractivity contribution in [2.45, 2.75) is 5.54 Å². The second-order valence-corrected chi connectivity index (χ2v) is 3.28. The molecule has 1 saturated heterocycles. The van der Waals surface area contributed by atoms with Crippen molar-refractivity contribution in [2.24, 2.45) is 5.73 Å². The zero-order valence-corrected chi connectivity index (χ0v) is 8.11. The summed E-state index contributed by atoms with van der Waals surface area (Å²) in [5.74, 6) is -1.72. The highest BCUT2D eigenvalue weighted by atomic mass is 35.5. The van der Waals surface area contributed by atoms with Crippen LogP contribution in [0, 0.1) is 11.6 Å². The fraction of sp³-hybridized carbons (Fsp3) is 0.333. The Kier molecular flexibility index (Phi) is 3.09. The van der Waals surface area contributed by atoms with Gasteiger partial charge < -0.3 is 10.5 Å². The van der Waals surface area contributed by atoms with Crippen LogP contribution in [0.3, 0.4) is 0 Å². The van der Waals surface area contributed by atoms with E-state index in [1.54, 1.807) is 0 Å². The Bertz CT molecular complexity index is 342. The van der Waals surface area contributed by atoms with Crippen molar-refractivity contribution in [3.63, 3.8) is 0 Å². The summed E-state index contributed by atoms with van der Waals surface area (Å²) in [5.41, 5.74) is 5.78. The molecule has 1 fully saturated rings. The largest absolute Gasteiger partial charge is 0.377 e. The molecule has 1 aromatic rings. The van der Waals surface area contributed by atoms with Gasteiger partial charge in [-0.3, -0.25) is 0 Å². The Labute approximate surface area is 86.5 Å². The Morgan fingerprint density at radius 2 is 1.86 bits per heavy atom. The van der Waals surface area contributed by atoms with E-state index in [1.807, 2.05) is 0 Å². The lowest BCUT2D eigenvalue weighted by molar-refractivity contribution is -0.0570. The molecule has 14 heavy (non-hydrogen) atoms. The summed E-state index contributed by atoms with van der Waals surface area (Å²) in [7, 11) is 0. The van der Waals surface area contributed by atoms with E-state index in [4.69, 9.17) is 10.5 Å². The highest BCUT2D eigenvalue weighted by Crippen LogP contribution is 2.27. The maximum absolute atomic E-state index is 12.8. The predicted molar refractivity (Wildman–Crippen MR) is 50.3 cm³/mol. The molecule has 5 heteroatoms. The van der Waals surface area contributed by atoms with Crippen LogP contribution in [0.5, 0.6) is 0 Å². The number of halogens is 3. The third-order valence-electron chi connectivity index (χ3n) is 2.21. The Morgan fingerprint density at radius 1 is 1.21 bits per heavy atom. The normalized spacial score (nSPS) is 18.2. The van der Waals surface area contributed by atoms with Gasteiger partial charge in [0.2, 0.25) is 0 Å². The van der Waals surface area contributed by atoms with E-state index in [9.17, 15) is 8.78 Å². The van der Waals surface area contributed by atoms with Gasteiger partial charge in [0.25, 0.3) is 0 Å². The number of hydrogen-bond donors (Lipinski definition) is 1. The van der Waals surface area contributed by atoms with Gasteiger partial charge in [-0.1, -0.05) is 6.07 Å². The molecule has 2 rings (SSSR count). The minimum absolute atomic E-state index is 0. The van der Waals surface area contributed by atoms with Gasteiger partial charge >= 0.3 is 0 Å². The molecule has 1 heterocycles. The fourth-order valence-corrected chi connectivity index (χ4v) is 1.29. The second-order valence-electron chi connectivity index (χ2n) is 3.28. The lowest BCUT2D eigenvalue weighted by Gasteiger charge is -2.38. The number of hydrogen-bond acceptors (Lipinski definition) is 2. The quantitative estimate of drug-likeness (QED) is 0.781. The van der Waals surface area contributed by atoms with Crippen LogP contribution in [0.25, 0.3) is 0 Å². The number of ether oxygens (including phenoxy) is 1. The fourth-order valence-electron chi connectivity index (χ4n) is 1.29. The molecule has 1 aliphatic rings. The molecule has 0 bridgehead atoms. The van der Waals surface area contributed by atoms with Crippen LogP contribution in [0.2, 0.25) is 0 Å². The summed E-state index contributed by atoms with van der Waals surface area (Å²) >= 11 is 0. The van der Waals surface area contributed by atoms with Gasteiger partial charge in [0.1, 0.15) is 0 Å². The van der Waals surface area contributed by atoms with Gasteiger partial charge in [-0.15, -0.1) is 12.4 Å². The zero-order valence-electron chi connectivity index (χ0n) is 7.30. The lowest BCUT2D eigenvalue weighted by Crippen LogP contribution is -2.54. The van der Waals surface area contributed by atoms with E-state index in [0.29, 0.717) is 18.8 Å². The maximum atomic E-state index is 12.8. The molecule has 2 N–H and O–H groups in total. The van der Waals surface area contributed by atoms with Crippen molar-refractivity contribution in [1.29, 1.82) is 0 Å². The molecule has 0 radical (unpaired) electrons. The van der Waals surface area contributed by atoms with Crippen molar-refractivity contribution in [3.8, 4) is 0 Å². The zero-order chi connectivity index (χ0) is 9.47. The van der Waals surface area contributed by atoms with Crippen molar-refractivity contribution in [1.82, 2.24) is 0 Å². The SMILES string of the molecule is Cl.NC1(c2ccc(F)c(F)c2)COC1. The van der Waals surface area contributed by atoms with Crippen molar-refractivity contribution in [3.05, 3.63) is 35.4 Å². The number of benzene rings is 1. The van der Waals surface area contributed by atoms with Crippen LogP contribution in [-0.4, -0.2) is 13.2 Å². The predicted octanol–water partition coefficient (Wildman–Crippen LogP) is 1.57. The van der Waals surface area contributed by atoms with Gasteiger partial charge in [0, 0.05) is 0 Å². The molecule has 1 aliphatic heterocycles. The summed E-state index contributed by atoms with van der Waals surface area (Å²) in [4.78, 5) is 0. The average Bonchev–Trinajstić information content (AvgIpc) is 2.06. The van der Waals surface area contributed by atoms with Crippen LogP contribution in [0.4, 0.5) is 8.78 Å². The first-order chi connectivity index (χ1) is 6.12. The van der Waals surface area contributed by atoms with E-state index < -0.39 is 17.2 Å². The topological polar surface area (TPSA) is 35.2 Å². The second kappa shape index (κ2) is 3.81. The summed E-state index contributed by atoms with van der Waals surface area (Å²) in [6, 6.07) is 3.69. The van der Waals surface area contributed by atoms with Gasteiger partial charge in [0.15, 0.2) is 11.6 Å². The first kappa shape index (κ1) is 11.4. The van der Waals surface area contributed by atoms with E-state index in [2.05, 4.69) is 0 Å². The van der Waals surface area contributed by atoms with Gasteiger partial charge in [-0.25, -0.2) is 8.78 Å². The molecular formula is C9H10ClF2NO. The molecule has 0 atom stereocenters. The average molecular weight is 222 g/mol. The molecule has 0 saturated carbocycles. The van der Waals surface area contributed by atoms with Crippen LogP contribution in [0.1, 0.15) is 5.56 Å². The van der Waals surface area contributed by atoms with Crippen molar-refractivity contribution in [2.75, 3.05) is 13.2 Å². The Balaban J connectivity index is 0.000000980. The van der Waals surface area contributed by atoms with Gasteiger partial charge in [-0.2, -0.15) is 0 Å². The summed E-state index contributed by atoms with van der Waals surface area (Å²) < 4.78 is 30.3. The summed E-state index contributed by atoms with van der Waals surface area (Å²) in [5, 5.41) is 0. The van der Waals surface area contributed by atoms with Crippen LogP contribution >= 0.6 is 12.4 Å². The molecule has 1 aromatic carbocycles. The highest BCUT2D eigenvalue weighted by molar-refractivity contribution is 5.85. The maximum Gasteiger partial charge on any atom is 0.159 e. The molecule has 0 aliphatic carbocycles. The Morgan fingerprint density at radius 3 is 2.29 bits per heavy atom. The van der Waals surface area contributed by atoms with E-state index in [1.165, 1.54) is 6.07 Å². The third kappa shape index (κ3) is 1.73. The lowest BCUT2D eigenvalue weighted by atomic mass is 9.89. The number of nitrogens with two attached hydrogens (primary N) is 1. The molecule has 0 amide bonds. The molecular weight excluding hydrogens is 212 g/mol. The van der Waals surface area contributed by atoms with Gasteiger partial charge in [0.05, 0.1) is 18.8 Å². The molecule has 0 spiro atoms. The van der Waals surface area contributed by atoms with Crippen molar-refractivity contribution < 1.29 is 13.5 Å².